The normalized spacial score (nSPS) is 19.9. The first kappa shape index (κ1) is 16.6. The van der Waals surface area contributed by atoms with Crippen molar-refractivity contribution in [2.45, 2.75) is 31.0 Å². The summed E-state index contributed by atoms with van der Waals surface area (Å²) in [7, 11) is 0. The van der Waals surface area contributed by atoms with Gasteiger partial charge in [0.1, 0.15) is 11.7 Å². The van der Waals surface area contributed by atoms with Crippen molar-refractivity contribution in [3.63, 3.8) is 0 Å². The molecule has 0 spiro atoms. The maximum atomic E-state index is 12.7. The molecule has 3 heterocycles. The molecule has 2 atom stereocenters. The Morgan fingerprint density at radius 3 is 2.81 bits per heavy atom. The van der Waals surface area contributed by atoms with Gasteiger partial charge in [-0.25, -0.2) is 14.5 Å². The zero-order chi connectivity index (χ0) is 18.8. The van der Waals surface area contributed by atoms with Crippen LogP contribution < -0.4 is 0 Å². The molecule has 1 saturated carbocycles. The summed E-state index contributed by atoms with van der Waals surface area (Å²) in [6.07, 6.45) is 1.32. The van der Waals surface area contributed by atoms with Crippen molar-refractivity contribution < 1.29 is 13.2 Å². The summed E-state index contributed by atoms with van der Waals surface area (Å²) >= 11 is 6.12. The third-order valence-electron chi connectivity index (χ3n) is 4.97. The summed E-state index contributed by atoms with van der Waals surface area (Å²) in [6, 6.07) is 7.31. The van der Waals surface area contributed by atoms with Gasteiger partial charge in [0.05, 0.1) is 17.4 Å². The van der Waals surface area contributed by atoms with Crippen molar-refractivity contribution in [2.75, 3.05) is 0 Å². The molecule has 0 amide bonds. The monoisotopic (exact) mass is 391 g/mol. The van der Waals surface area contributed by atoms with E-state index in [0.29, 0.717) is 16.2 Å². The molecular formula is C18H13ClF3N5. The van der Waals surface area contributed by atoms with Crippen LogP contribution in [0.25, 0.3) is 16.7 Å². The van der Waals surface area contributed by atoms with Crippen LogP contribution in [-0.4, -0.2) is 30.3 Å². The van der Waals surface area contributed by atoms with E-state index in [9.17, 15) is 13.2 Å². The van der Waals surface area contributed by atoms with Gasteiger partial charge in [0, 0.05) is 18.0 Å². The molecule has 4 aromatic rings. The minimum Gasteiger partial charge on any atom is -0.321 e. The number of benzene rings is 1. The summed E-state index contributed by atoms with van der Waals surface area (Å²) in [4.78, 5) is 8.50. The number of hydrogen-bond donors (Lipinski definition) is 0. The molecule has 5 rings (SSSR count). The number of aromatic nitrogens is 5. The number of nitrogens with zero attached hydrogens (tertiary/aromatic N) is 5. The highest BCUT2D eigenvalue weighted by molar-refractivity contribution is 6.29. The fourth-order valence-electron chi connectivity index (χ4n) is 3.72. The average molecular weight is 392 g/mol. The van der Waals surface area contributed by atoms with E-state index >= 15 is 0 Å². The van der Waals surface area contributed by atoms with Gasteiger partial charge in [-0.1, -0.05) is 17.7 Å². The second-order valence-corrected chi connectivity index (χ2v) is 7.19. The number of imidazole rings is 2. The Kier molecular flexibility index (Phi) is 3.49. The van der Waals surface area contributed by atoms with Gasteiger partial charge in [0.15, 0.2) is 5.65 Å². The van der Waals surface area contributed by atoms with Gasteiger partial charge < -0.3 is 4.57 Å². The van der Waals surface area contributed by atoms with Crippen molar-refractivity contribution in [3.8, 4) is 0 Å². The Morgan fingerprint density at radius 1 is 1.15 bits per heavy atom. The third-order valence-corrected chi connectivity index (χ3v) is 5.16. The number of fused-ring (bicyclic) bond motifs is 2. The van der Waals surface area contributed by atoms with Crippen LogP contribution in [0.1, 0.15) is 29.4 Å². The summed E-state index contributed by atoms with van der Waals surface area (Å²) in [5.74, 6) is 0.520. The molecule has 5 nitrogen and oxygen atoms in total. The van der Waals surface area contributed by atoms with Gasteiger partial charge in [-0.15, -0.1) is 0 Å². The second-order valence-electron chi connectivity index (χ2n) is 6.80. The van der Waals surface area contributed by atoms with Gasteiger partial charge >= 0.3 is 6.18 Å². The Bertz CT molecular complexity index is 1160. The van der Waals surface area contributed by atoms with E-state index in [0.717, 1.165) is 27.8 Å². The van der Waals surface area contributed by atoms with E-state index in [1.165, 1.54) is 6.33 Å². The lowest BCUT2D eigenvalue weighted by Crippen LogP contribution is -2.16. The predicted octanol–water partition coefficient (Wildman–Crippen LogP) is 4.57. The maximum Gasteiger partial charge on any atom is 0.406 e. The fourth-order valence-corrected chi connectivity index (χ4v) is 3.92. The first-order chi connectivity index (χ1) is 12.9. The van der Waals surface area contributed by atoms with E-state index in [4.69, 9.17) is 11.6 Å². The summed E-state index contributed by atoms with van der Waals surface area (Å²) < 4.78 is 40.8. The molecule has 1 aromatic carbocycles. The molecule has 0 bridgehead atoms. The third kappa shape index (κ3) is 2.93. The first-order valence-corrected chi connectivity index (χ1v) is 8.78. The standard InChI is InChI=1S/C18H13ClF3N5/c19-16-7-13(17-23-3-4-27(17)25-16)12-6-11(12)10-1-2-15-14(5-10)24-9-26(15)8-18(20,21)22/h1-5,7,9,11-12H,6,8H2/t11-,12+/m1/s1. The fraction of sp³-hybridized carbons (Fsp3) is 0.278. The Hall–Kier alpha value is -2.61. The molecule has 0 radical (unpaired) electrons. The van der Waals surface area contributed by atoms with E-state index in [1.807, 2.05) is 18.2 Å². The van der Waals surface area contributed by atoms with Gasteiger partial charge in [-0.3, -0.25) is 0 Å². The highest BCUT2D eigenvalue weighted by Crippen LogP contribution is 2.55. The van der Waals surface area contributed by atoms with Crippen LogP contribution in [0.4, 0.5) is 13.2 Å². The Morgan fingerprint density at radius 2 is 2.00 bits per heavy atom. The lowest BCUT2D eigenvalue weighted by Gasteiger charge is -2.08. The van der Waals surface area contributed by atoms with E-state index in [-0.39, 0.29) is 11.8 Å². The number of rotatable bonds is 3. The first-order valence-electron chi connectivity index (χ1n) is 8.40. The molecule has 27 heavy (non-hydrogen) atoms. The Balaban J connectivity index is 1.46. The zero-order valence-electron chi connectivity index (χ0n) is 13.9. The van der Waals surface area contributed by atoms with Crippen LogP contribution in [0.3, 0.4) is 0 Å². The van der Waals surface area contributed by atoms with Gasteiger partial charge in [0.2, 0.25) is 0 Å². The summed E-state index contributed by atoms with van der Waals surface area (Å²) in [6.45, 7) is -1.04. The largest absolute Gasteiger partial charge is 0.406 e. The highest BCUT2D eigenvalue weighted by atomic mass is 35.5. The molecule has 1 aliphatic rings. The number of hydrogen-bond acceptors (Lipinski definition) is 3. The highest BCUT2D eigenvalue weighted by Gasteiger charge is 2.41. The molecule has 9 heteroatoms. The van der Waals surface area contributed by atoms with Gasteiger partial charge in [0.25, 0.3) is 0 Å². The maximum absolute atomic E-state index is 12.7. The van der Waals surface area contributed by atoms with Crippen molar-refractivity contribution in [2.24, 2.45) is 0 Å². The van der Waals surface area contributed by atoms with E-state index in [1.54, 1.807) is 23.0 Å². The topological polar surface area (TPSA) is 48.0 Å². The summed E-state index contributed by atoms with van der Waals surface area (Å²) in [5, 5.41) is 4.60. The van der Waals surface area contributed by atoms with Crippen LogP contribution in [-0.2, 0) is 6.54 Å². The van der Waals surface area contributed by atoms with Crippen LogP contribution in [0.15, 0.2) is 43.0 Å². The van der Waals surface area contributed by atoms with Crippen LogP contribution in [0.5, 0.6) is 0 Å². The SMILES string of the molecule is FC(F)(F)Cn1cnc2cc([C@H]3C[C@@H]3c3cc(Cl)nn4ccnc34)ccc21. The summed E-state index contributed by atoms with van der Waals surface area (Å²) in [5.41, 5.74) is 3.93. The average Bonchev–Trinajstić information content (AvgIpc) is 3.10. The lowest BCUT2D eigenvalue weighted by molar-refractivity contribution is -0.139. The van der Waals surface area contributed by atoms with E-state index in [2.05, 4.69) is 15.1 Å². The van der Waals surface area contributed by atoms with Crippen molar-refractivity contribution >= 4 is 28.3 Å². The van der Waals surface area contributed by atoms with Crippen molar-refractivity contribution in [3.05, 3.63) is 59.3 Å². The second kappa shape index (κ2) is 5.69. The van der Waals surface area contributed by atoms with Gasteiger partial charge in [-0.05, 0) is 42.0 Å². The molecule has 0 unspecified atom stereocenters. The molecule has 0 saturated heterocycles. The minimum atomic E-state index is -4.27. The molecule has 138 valence electrons. The molecule has 1 aliphatic carbocycles. The number of alkyl halides is 3. The van der Waals surface area contributed by atoms with E-state index < -0.39 is 12.7 Å². The minimum absolute atomic E-state index is 0.255. The molecule has 0 aliphatic heterocycles. The molecule has 0 N–H and O–H groups in total. The smallest absolute Gasteiger partial charge is 0.321 e. The molecule has 1 fully saturated rings. The van der Waals surface area contributed by atoms with Crippen molar-refractivity contribution in [1.82, 2.24) is 24.1 Å². The Labute approximate surface area is 156 Å². The number of halogens is 4. The molecule has 3 aromatic heterocycles. The van der Waals surface area contributed by atoms with Crippen LogP contribution in [0, 0.1) is 0 Å². The van der Waals surface area contributed by atoms with Crippen LogP contribution >= 0.6 is 11.6 Å². The zero-order valence-corrected chi connectivity index (χ0v) is 14.6. The van der Waals surface area contributed by atoms with Gasteiger partial charge in [-0.2, -0.15) is 18.3 Å². The van der Waals surface area contributed by atoms with Crippen molar-refractivity contribution in [1.29, 1.82) is 0 Å². The lowest BCUT2D eigenvalue weighted by atomic mass is 10.1. The molecular weight excluding hydrogens is 379 g/mol. The van der Waals surface area contributed by atoms with Crippen LogP contribution in [0.2, 0.25) is 5.15 Å². The predicted molar refractivity (Wildman–Crippen MR) is 93.9 cm³/mol. The quantitative estimate of drug-likeness (QED) is 0.514.